The van der Waals surface area contributed by atoms with Crippen LogP contribution in [0.25, 0.3) is 10.8 Å². The number of anilines is 1. The fraction of sp³-hybridized carbons (Fsp3) is 0.105. The van der Waals surface area contributed by atoms with Crippen LogP contribution in [-0.2, 0) is 11.4 Å². The van der Waals surface area contributed by atoms with Crippen molar-refractivity contribution in [2.24, 2.45) is 0 Å². The third-order valence-corrected chi connectivity index (χ3v) is 4.90. The van der Waals surface area contributed by atoms with E-state index in [1.807, 2.05) is 30.3 Å². The van der Waals surface area contributed by atoms with Crippen LogP contribution in [0.2, 0.25) is 0 Å². The van der Waals surface area contributed by atoms with Crippen molar-refractivity contribution in [3.05, 3.63) is 66.0 Å². The van der Waals surface area contributed by atoms with Crippen molar-refractivity contribution in [1.82, 2.24) is 4.72 Å². The van der Waals surface area contributed by atoms with Gasteiger partial charge in [0.2, 0.25) is 0 Å². The Labute approximate surface area is 153 Å². The van der Waals surface area contributed by atoms with Crippen LogP contribution in [0.4, 0.5) is 10.1 Å². The van der Waals surface area contributed by atoms with E-state index in [9.17, 15) is 9.90 Å². The Morgan fingerprint density at radius 3 is 2.73 bits per heavy atom. The third kappa shape index (κ3) is 3.13. The van der Waals surface area contributed by atoms with E-state index in [1.165, 1.54) is 16.4 Å². The second-order valence-electron chi connectivity index (χ2n) is 5.87. The lowest BCUT2D eigenvalue weighted by Gasteiger charge is -2.20. The van der Waals surface area contributed by atoms with Gasteiger partial charge in [-0.25, -0.2) is 4.39 Å². The third-order valence-electron chi connectivity index (χ3n) is 4.04. The summed E-state index contributed by atoms with van der Waals surface area (Å²) in [6.07, 6.45) is 0. The summed E-state index contributed by atoms with van der Waals surface area (Å²) in [7, 11) is 0. The predicted molar refractivity (Wildman–Crippen MR) is 99.4 cm³/mol. The molecular formula is C19H15FN2O3S. The van der Waals surface area contributed by atoms with Crippen LogP contribution in [0, 0.1) is 5.82 Å². The molecule has 1 aliphatic heterocycles. The lowest BCUT2D eigenvalue weighted by atomic mass is 10.1. The maximum absolute atomic E-state index is 15.2. The number of benzene rings is 3. The normalized spacial score (nSPS) is 13.9. The van der Waals surface area contributed by atoms with Crippen LogP contribution in [-0.4, -0.2) is 17.6 Å². The fourth-order valence-electron chi connectivity index (χ4n) is 2.81. The van der Waals surface area contributed by atoms with E-state index in [-0.39, 0.29) is 35.9 Å². The largest absolute Gasteiger partial charge is 0.508 e. The van der Waals surface area contributed by atoms with Gasteiger partial charge in [-0.1, -0.05) is 36.4 Å². The van der Waals surface area contributed by atoms with E-state index in [0.29, 0.717) is 11.1 Å². The first-order valence-electron chi connectivity index (χ1n) is 7.97. The van der Waals surface area contributed by atoms with Gasteiger partial charge >= 0.3 is 0 Å². The summed E-state index contributed by atoms with van der Waals surface area (Å²) in [5.74, 6) is -0.429. The Hall–Kier alpha value is -2.93. The number of carbonyl (C=O) groups is 1. The minimum atomic E-state index is -0.537. The molecule has 26 heavy (non-hydrogen) atoms. The molecule has 1 amide bonds. The molecule has 0 aromatic heterocycles. The maximum atomic E-state index is 15.2. The number of halogens is 1. The van der Waals surface area contributed by atoms with Crippen LogP contribution in [0.3, 0.4) is 0 Å². The number of phenols is 1. The number of ether oxygens (including phenoxy) is 1. The summed E-state index contributed by atoms with van der Waals surface area (Å²) in [4.78, 5) is 11.6. The smallest absolute Gasteiger partial charge is 0.251 e. The summed E-state index contributed by atoms with van der Waals surface area (Å²) >= 11 is 1.02. The number of aromatic hydroxyl groups is 1. The molecule has 0 saturated carbocycles. The SMILES string of the molecule is O=C1CN(c2c(OCc3ccccc3)cc3ccc(O)cc3c2F)SN1. The zero-order chi connectivity index (χ0) is 18.1. The van der Waals surface area contributed by atoms with E-state index in [0.717, 1.165) is 17.7 Å². The highest BCUT2D eigenvalue weighted by Crippen LogP contribution is 2.41. The van der Waals surface area contributed by atoms with Gasteiger partial charge in [0.1, 0.15) is 30.3 Å². The number of carbonyl (C=O) groups excluding carboxylic acids is 1. The lowest BCUT2D eigenvalue weighted by molar-refractivity contribution is -0.117. The number of hydrogen-bond acceptors (Lipinski definition) is 5. The van der Waals surface area contributed by atoms with Crippen LogP contribution in [0.1, 0.15) is 5.56 Å². The van der Waals surface area contributed by atoms with Crippen molar-refractivity contribution in [1.29, 1.82) is 0 Å². The molecule has 0 radical (unpaired) electrons. The van der Waals surface area contributed by atoms with E-state index in [4.69, 9.17) is 4.74 Å². The van der Waals surface area contributed by atoms with Crippen molar-refractivity contribution >= 4 is 34.5 Å². The molecule has 4 rings (SSSR count). The number of rotatable bonds is 4. The average molecular weight is 370 g/mol. The van der Waals surface area contributed by atoms with E-state index in [1.54, 1.807) is 12.1 Å². The Bertz CT molecular complexity index is 981. The van der Waals surface area contributed by atoms with Gasteiger partial charge in [0, 0.05) is 5.39 Å². The average Bonchev–Trinajstić information content (AvgIpc) is 3.07. The van der Waals surface area contributed by atoms with E-state index >= 15 is 4.39 Å². The molecule has 1 fully saturated rings. The van der Waals surface area contributed by atoms with Crippen molar-refractivity contribution in [2.75, 3.05) is 10.8 Å². The molecule has 2 N–H and O–H groups in total. The number of fused-ring (bicyclic) bond motifs is 1. The highest BCUT2D eigenvalue weighted by atomic mass is 32.2. The zero-order valence-corrected chi connectivity index (χ0v) is 14.4. The summed E-state index contributed by atoms with van der Waals surface area (Å²) in [5, 5.41) is 10.6. The second-order valence-corrected chi connectivity index (χ2v) is 6.70. The molecule has 3 aromatic rings. The number of nitrogens with zero attached hydrogens (tertiary/aromatic N) is 1. The molecular weight excluding hydrogens is 355 g/mol. The molecule has 1 heterocycles. The fourth-order valence-corrected chi connectivity index (χ4v) is 3.53. The molecule has 5 nitrogen and oxygen atoms in total. The van der Waals surface area contributed by atoms with Gasteiger partial charge in [-0.2, -0.15) is 0 Å². The molecule has 0 aliphatic carbocycles. The van der Waals surface area contributed by atoms with Crippen molar-refractivity contribution < 1.29 is 19.0 Å². The number of hydrogen-bond donors (Lipinski definition) is 2. The molecule has 0 atom stereocenters. The standard InChI is InChI=1S/C19H15FN2O3S/c20-18-15-9-14(23)7-6-13(15)8-16(19(18)22-10-17(24)21-26-22)25-11-12-4-2-1-3-5-12/h1-9,23H,10-11H2,(H,21,24). The zero-order valence-electron chi connectivity index (χ0n) is 13.6. The molecule has 0 spiro atoms. The van der Waals surface area contributed by atoms with E-state index < -0.39 is 5.82 Å². The number of phenolic OH excluding ortho intramolecular Hbond substituents is 1. The molecule has 0 unspecified atom stereocenters. The first kappa shape index (κ1) is 16.5. The van der Waals surface area contributed by atoms with Gasteiger partial charge in [0.05, 0.1) is 12.1 Å². The van der Waals surface area contributed by atoms with Crippen LogP contribution in [0.5, 0.6) is 11.5 Å². The van der Waals surface area contributed by atoms with Crippen molar-refractivity contribution in [3.8, 4) is 11.5 Å². The highest BCUT2D eigenvalue weighted by Gasteiger charge is 2.28. The highest BCUT2D eigenvalue weighted by molar-refractivity contribution is 7.99. The lowest BCUT2D eigenvalue weighted by Crippen LogP contribution is -2.17. The summed E-state index contributed by atoms with van der Waals surface area (Å²) in [6.45, 7) is 0.296. The molecule has 1 aliphatic rings. The van der Waals surface area contributed by atoms with E-state index in [2.05, 4.69) is 4.72 Å². The first-order valence-corrected chi connectivity index (χ1v) is 8.74. The van der Waals surface area contributed by atoms with Gasteiger partial charge < -0.3 is 9.84 Å². The monoisotopic (exact) mass is 370 g/mol. The Morgan fingerprint density at radius 1 is 1.19 bits per heavy atom. The molecule has 7 heteroatoms. The topological polar surface area (TPSA) is 61.8 Å². The number of amides is 1. The quantitative estimate of drug-likeness (QED) is 0.685. The summed E-state index contributed by atoms with van der Waals surface area (Å²) in [6, 6.07) is 15.8. The molecule has 132 valence electrons. The maximum Gasteiger partial charge on any atom is 0.251 e. The van der Waals surface area contributed by atoms with Gasteiger partial charge in [-0.15, -0.1) is 0 Å². The molecule has 1 saturated heterocycles. The molecule has 3 aromatic carbocycles. The van der Waals surface area contributed by atoms with Crippen molar-refractivity contribution in [3.63, 3.8) is 0 Å². The minimum Gasteiger partial charge on any atom is -0.508 e. The second kappa shape index (κ2) is 6.76. The van der Waals surface area contributed by atoms with Crippen LogP contribution in [0.15, 0.2) is 54.6 Å². The van der Waals surface area contributed by atoms with Crippen LogP contribution >= 0.6 is 12.1 Å². The minimum absolute atomic E-state index is 0.0214. The van der Waals surface area contributed by atoms with Crippen molar-refractivity contribution in [2.45, 2.75) is 6.61 Å². The number of nitrogens with one attached hydrogen (secondary N) is 1. The first-order chi connectivity index (χ1) is 12.6. The van der Waals surface area contributed by atoms with Crippen LogP contribution < -0.4 is 13.8 Å². The van der Waals surface area contributed by atoms with Gasteiger partial charge in [0.15, 0.2) is 5.82 Å². The summed E-state index contributed by atoms with van der Waals surface area (Å²) in [5.41, 5.74) is 1.13. The van der Waals surface area contributed by atoms with Gasteiger partial charge in [0.25, 0.3) is 5.91 Å². The summed E-state index contributed by atoms with van der Waals surface area (Å²) < 4.78 is 25.2. The Balaban J connectivity index is 1.78. The Morgan fingerprint density at radius 2 is 2.00 bits per heavy atom. The Kier molecular flexibility index (Phi) is 4.30. The van der Waals surface area contributed by atoms with Gasteiger partial charge in [-0.05, 0) is 29.1 Å². The predicted octanol–water partition coefficient (Wildman–Crippen LogP) is 3.76. The van der Waals surface area contributed by atoms with Gasteiger partial charge in [-0.3, -0.25) is 13.8 Å². The molecule has 0 bridgehead atoms.